The average Bonchev–Trinajstić information content (AvgIpc) is 2.17. The van der Waals surface area contributed by atoms with Gasteiger partial charge in [-0.3, -0.25) is 4.99 Å². The van der Waals surface area contributed by atoms with Crippen LogP contribution in [-0.4, -0.2) is 12.8 Å². The lowest BCUT2D eigenvalue weighted by molar-refractivity contribution is 0.514. The summed E-state index contributed by atoms with van der Waals surface area (Å²) < 4.78 is 0. The van der Waals surface area contributed by atoms with Crippen LogP contribution in [-0.2, 0) is 0 Å². The standard InChI is InChI=1S/C14H22ClN/c1-8-11(14(4,5)6)10(3)13(16-7)12(15)9-2/h8-9H,1H2,2-7H3/b11-10-,12-9+,16-13?. The van der Waals surface area contributed by atoms with Crippen molar-refractivity contribution >= 4 is 17.3 Å². The summed E-state index contributed by atoms with van der Waals surface area (Å²) in [5, 5.41) is 0.684. The van der Waals surface area contributed by atoms with Crippen molar-refractivity contribution in [3.63, 3.8) is 0 Å². The zero-order valence-electron chi connectivity index (χ0n) is 11.2. The molecule has 0 aliphatic heterocycles. The van der Waals surface area contributed by atoms with Crippen LogP contribution < -0.4 is 0 Å². The highest BCUT2D eigenvalue weighted by Crippen LogP contribution is 2.30. The van der Waals surface area contributed by atoms with Crippen molar-refractivity contribution in [2.24, 2.45) is 10.4 Å². The van der Waals surface area contributed by atoms with Crippen molar-refractivity contribution in [1.29, 1.82) is 0 Å². The van der Waals surface area contributed by atoms with E-state index in [4.69, 9.17) is 11.6 Å². The zero-order chi connectivity index (χ0) is 12.9. The third-order valence-electron chi connectivity index (χ3n) is 2.47. The first-order valence-electron chi connectivity index (χ1n) is 5.42. The van der Waals surface area contributed by atoms with Crippen LogP contribution in [0.1, 0.15) is 34.6 Å². The van der Waals surface area contributed by atoms with Crippen LogP contribution in [0.3, 0.4) is 0 Å². The van der Waals surface area contributed by atoms with E-state index in [9.17, 15) is 0 Å². The molecule has 0 aromatic carbocycles. The molecule has 0 aromatic rings. The molecule has 0 unspecified atom stereocenters. The fourth-order valence-corrected chi connectivity index (χ4v) is 1.97. The van der Waals surface area contributed by atoms with E-state index in [0.29, 0.717) is 5.03 Å². The molecule has 90 valence electrons. The molecule has 0 N–H and O–H groups in total. The maximum absolute atomic E-state index is 6.14. The van der Waals surface area contributed by atoms with Gasteiger partial charge in [0.25, 0.3) is 0 Å². The van der Waals surface area contributed by atoms with Gasteiger partial charge in [-0.05, 0) is 30.4 Å². The van der Waals surface area contributed by atoms with E-state index in [2.05, 4.69) is 32.3 Å². The Balaban J connectivity index is 5.69. The summed E-state index contributed by atoms with van der Waals surface area (Å²) in [6.07, 6.45) is 3.75. The molecule has 0 bridgehead atoms. The van der Waals surface area contributed by atoms with Gasteiger partial charge in [-0.15, -0.1) is 0 Å². The lowest BCUT2D eigenvalue weighted by Crippen LogP contribution is -2.14. The van der Waals surface area contributed by atoms with Crippen LogP contribution in [0.2, 0.25) is 0 Å². The summed E-state index contributed by atoms with van der Waals surface area (Å²) >= 11 is 6.14. The lowest BCUT2D eigenvalue weighted by atomic mass is 9.82. The fourth-order valence-electron chi connectivity index (χ4n) is 1.74. The number of nitrogens with zero attached hydrogens (tertiary/aromatic N) is 1. The Morgan fingerprint density at radius 1 is 1.31 bits per heavy atom. The van der Waals surface area contributed by atoms with E-state index >= 15 is 0 Å². The zero-order valence-corrected chi connectivity index (χ0v) is 11.9. The molecule has 0 aromatic heterocycles. The number of hydrogen-bond donors (Lipinski definition) is 0. The minimum Gasteiger partial charge on any atom is -0.287 e. The number of hydrogen-bond acceptors (Lipinski definition) is 1. The highest BCUT2D eigenvalue weighted by atomic mass is 35.5. The Bertz CT molecular complexity index is 351. The minimum absolute atomic E-state index is 0.0483. The summed E-state index contributed by atoms with van der Waals surface area (Å²) in [6.45, 7) is 14.3. The summed E-state index contributed by atoms with van der Waals surface area (Å²) in [4.78, 5) is 4.25. The van der Waals surface area contributed by atoms with E-state index in [-0.39, 0.29) is 5.41 Å². The van der Waals surface area contributed by atoms with E-state index in [1.165, 1.54) is 5.57 Å². The van der Waals surface area contributed by atoms with Gasteiger partial charge in [-0.25, -0.2) is 0 Å². The second kappa shape index (κ2) is 6.05. The van der Waals surface area contributed by atoms with E-state index in [0.717, 1.165) is 11.3 Å². The van der Waals surface area contributed by atoms with E-state index < -0.39 is 0 Å². The van der Waals surface area contributed by atoms with Crippen LogP contribution in [0.25, 0.3) is 0 Å². The lowest BCUT2D eigenvalue weighted by Gasteiger charge is -2.23. The first-order valence-corrected chi connectivity index (χ1v) is 5.80. The number of halogens is 1. The molecular formula is C14H22ClN. The predicted molar refractivity (Wildman–Crippen MR) is 75.3 cm³/mol. The van der Waals surface area contributed by atoms with Gasteiger partial charge in [0.05, 0.1) is 10.7 Å². The predicted octanol–water partition coefficient (Wildman–Crippen LogP) is 4.75. The fraction of sp³-hybridized carbons (Fsp3) is 0.500. The quantitative estimate of drug-likeness (QED) is 0.498. The molecule has 0 saturated heterocycles. The van der Waals surface area contributed by atoms with Crippen LogP contribution >= 0.6 is 11.6 Å². The smallest absolute Gasteiger partial charge is 0.0785 e. The maximum Gasteiger partial charge on any atom is 0.0785 e. The molecule has 0 radical (unpaired) electrons. The summed E-state index contributed by atoms with van der Waals surface area (Å²) in [5.41, 5.74) is 3.15. The Morgan fingerprint density at radius 3 is 2.06 bits per heavy atom. The van der Waals surface area contributed by atoms with Crippen molar-refractivity contribution in [2.45, 2.75) is 34.6 Å². The highest BCUT2D eigenvalue weighted by Gasteiger charge is 2.19. The molecule has 16 heavy (non-hydrogen) atoms. The molecule has 2 heteroatoms. The molecule has 0 fully saturated rings. The van der Waals surface area contributed by atoms with Gasteiger partial charge in [-0.2, -0.15) is 0 Å². The first kappa shape index (κ1) is 15.2. The van der Waals surface area contributed by atoms with Crippen LogP contribution in [0.4, 0.5) is 0 Å². The molecule has 0 rings (SSSR count). The third-order valence-corrected chi connectivity index (χ3v) is 2.87. The van der Waals surface area contributed by atoms with E-state index in [1.807, 2.05) is 26.0 Å². The highest BCUT2D eigenvalue weighted by molar-refractivity contribution is 6.46. The molecule has 0 heterocycles. The minimum atomic E-state index is 0.0483. The van der Waals surface area contributed by atoms with Crippen molar-refractivity contribution in [3.8, 4) is 0 Å². The van der Waals surface area contributed by atoms with E-state index in [1.54, 1.807) is 7.05 Å². The van der Waals surface area contributed by atoms with Crippen molar-refractivity contribution in [1.82, 2.24) is 0 Å². The largest absolute Gasteiger partial charge is 0.287 e. The number of rotatable bonds is 3. The molecular weight excluding hydrogens is 218 g/mol. The van der Waals surface area contributed by atoms with Crippen molar-refractivity contribution < 1.29 is 0 Å². The number of aliphatic imine (C=N–C) groups is 1. The van der Waals surface area contributed by atoms with Gasteiger partial charge in [0, 0.05) is 7.05 Å². The first-order chi connectivity index (χ1) is 7.29. The molecule has 0 aliphatic carbocycles. The molecule has 0 amide bonds. The Kier molecular flexibility index (Phi) is 5.74. The van der Waals surface area contributed by atoms with Gasteiger partial charge in [0.2, 0.25) is 0 Å². The normalized spacial score (nSPS) is 15.9. The topological polar surface area (TPSA) is 12.4 Å². The molecule has 0 spiro atoms. The second-order valence-electron chi connectivity index (χ2n) is 4.70. The van der Waals surface area contributed by atoms with Crippen LogP contribution in [0.15, 0.2) is 39.9 Å². The van der Waals surface area contributed by atoms with Gasteiger partial charge in [0.15, 0.2) is 0 Å². The van der Waals surface area contributed by atoms with Crippen LogP contribution in [0, 0.1) is 5.41 Å². The third kappa shape index (κ3) is 3.64. The molecule has 0 aliphatic rings. The van der Waals surface area contributed by atoms with Gasteiger partial charge >= 0.3 is 0 Å². The summed E-state index contributed by atoms with van der Waals surface area (Å²) in [5.74, 6) is 0. The second-order valence-corrected chi connectivity index (χ2v) is 5.11. The summed E-state index contributed by atoms with van der Waals surface area (Å²) in [7, 11) is 1.76. The Hall–Kier alpha value is -0.820. The van der Waals surface area contributed by atoms with Crippen molar-refractivity contribution in [3.05, 3.63) is 34.9 Å². The molecule has 1 nitrogen and oxygen atoms in total. The van der Waals surface area contributed by atoms with Crippen molar-refractivity contribution in [2.75, 3.05) is 7.05 Å². The Morgan fingerprint density at radius 2 is 1.81 bits per heavy atom. The molecule has 0 atom stereocenters. The molecule has 0 saturated carbocycles. The van der Waals surface area contributed by atoms with Gasteiger partial charge < -0.3 is 0 Å². The number of allylic oxidation sites excluding steroid dienone is 5. The van der Waals surface area contributed by atoms with Gasteiger partial charge in [0.1, 0.15) is 0 Å². The Labute approximate surface area is 105 Å². The monoisotopic (exact) mass is 239 g/mol. The SMILES string of the molecule is C=C/C(=C(\C)C(=NC)/C(Cl)=C\C)C(C)(C)C. The summed E-state index contributed by atoms with van der Waals surface area (Å²) in [6, 6.07) is 0. The van der Waals surface area contributed by atoms with Gasteiger partial charge in [-0.1, -0.05) is 51.1 Å². The maximum atomic E-state index is 6.14. The average molecular weight is 240 g/mol. The van der Waals surface area contributed by atoms with Crippen LogP contribution in [0.5, 0.6) is 0 Å².